The summed E-state index contributed by atoms with van der Waals surface area (Å²) in [5.74, 6) is 0. The first-order valence-electron chi connectivity index (χ1n) is 14.5. The molecular weight excluding hydrogens is 578 g/mol. The van der Waals surface area contributed by atoms with E-state index in [1.165, 1.54) is 39.0 Å². The van der Waals surface area contributed by atoms with E-state index in [0.29, 0.717) is 0 Å². The SMILES string of the molecule is Brc1ccc2nccc(N3CCN(c4cccc(C(c5ccccc5)(c5ccccc5)c5ccccc5)c4)CC3)c2c1. The number of fused-ring (bicyclic) bond motifs is 1. The lowest BCUT2D eigenvalue weighted by molar-refractivity contribution is 0.653. The standard InChI is InChI=1S/C38H32BrN3/c39-33-19-20-36-35(28-33)37(21-22-40-36)42-25-23-41(24-26-42)34-18-10-17-32(27-34)38(29-11-4-1-5-12-29,30-13-6-2-7-14-30)31-15-8-3-9-16-31/h1-22,27-28H,23-26H2. The molecule has 5 aromatic carbocycles. The first-order chi connectivity index (χ1) is 20.7. The molecule has 0 spiro atoms. The number of hydrogen-bond donors (Lipinski definition) is 0. The molecule has 0 atom stereocenters. The monoisotopic (exact) mass is 609 g/mol. The molecule has 0 unspecified atom stereocenters. The molecule has 1 saturated heterocycles. The van der Waals surface area contributed by atoms with Gasteiger partial charge in [-0.3, -0.25) is 4.98 Å². The number of pyridine rings is 1. The largest absolute Gasteiger partial charge is 0.368 e. The van der Waals surface area contributed by atoms with Gasteiger partial charge in [-0.05, 0) is 58.7 Å². The van der Waals surface area contributed by atoms with Crippen LogP contribution in [0.25, 0.3) is 10.9 Å². The zero-order valence-electron chi connectivity index (χ0n) is 23.4. The normalized spacial score (nSPS) is 13.8. The first kappa shape index (κ1) is 26.5. The van der Waals surface area contributed by atoms with Crippen LogP contribution in [-0.4, -0.2) is 31.2 Å². The highest BCUT2D eigenvalue weighted by Crippen LogP contribution is 2.46. The maximum Gasteiger partial charge on any atom is 0.0723 e. The Kier molecular flexibility index (Phi) is 7.23. The highest BCUT2D eigenvalue weighted by molar-refractivity contribution is 9.10. The molecule has 42 heavy (non-hydrogen) atoms. The van der Waals surface area contributed by atoms with Crippen LogP contribution in [0.4, 0.5) is 11.4 Å². The van der Waals surface area contributed by atoms with Crippen molar-refractivity contribution in [2.75, 3.05) is 36.0 Å². The molecule has 1 fully saturated rings. The van der Waals surface area contributed by atoms with Gasteiger partial charge in [0.1, 0.15) is 0 Å². The van der Waals surface area contributed by atoms with Crippen LogP contribution < -0.4 is 9.80 Å². The maximum absolute atomic E-state index is 4.59. The van der Waals surface area contributed by atoms with E-state index in [9.17, 15) is 0 Å². The third-order valence-electron chi connectivity index (χ3n) is 8.57. The van der Waals surface area contributed by atoms with Crippen LogP contribution in [0.1, 0.15) is 22.3 Å². The number of benzene rings is 5. The Morgan fingerprint density at radius 2 is 1.07 bits per heavy atom. The summed E-state index contributed by atoms with van der Waals surface area (Å²) in [6.07, 6.45) is 1.93. The summed E-state index contributed by atoms with van der Waals surface area (Å²) in [6, 6.07) is 50.5. The lowest BCUT2D eigenvalue weighted by Crippen LogP contribution is -2.46. The van der Waals surface area contributed by atoms with Crippen molar-refractivity contribution in [1.82, 2.24) is 4.98 Å². The molecule has 6 aromatic rings. The molecule has 7 rings (SSSR count). The molecule has 0 aliphatic carbocycles. The van der Waals surface area contributed by atoms with Gasteiger partial charge in [0.25, 0.3) is 0 Å². The van der Waals surface area contributed by atoms with Gasteiger partial charge in [0.15, 0.2) is 0 Å². The Morgan fingerprint density at radius 1 is 0.524 bits per heavy atom. The predicted molar refractivity (Wildman–Crippen MR) is 179 cm³/mol. The molecule has 0 radical (unpaired) electrons. The second-order valence-electron chi connectivity index (χ2n) is 10.9. The average molecular weight is 611 g/mol. The van der Waals surface area contributed by atoms with Gasteiger partial charge < -0.3 is 9.80 Å². The van der Waals surface area contributed by atoms with E-state index in [-0.39, 0.29) is 0 Å². The predicted octanol–water partition coefficient (Wildman–Crippen LogP) is 8.71. The van der Waals surface area contributed by atoms with E-state index in [1.54, 1.807) is 0 Å². The zero-order valence-corrected chi connectivity index (χ0v) is 25.0. The molecule has 206 valence electrons. The molecule has 0 bridgehead atoms. The molecule has 1 aliphatic rings. The number of hydrogen-bond acceptors (Lipinski definition) is 3. The van der Waals surface area contributed by atoms with Gasteiger partial charge in [0.2, 0.25) is 0 Å². The lowest BCUT2D eigenvalue weighted by Gasteiger charge is -2.40. The van der Waals surface area contributed by atoms with Gasteiger partial charge in [-0.25, -0.2) is 0 Å². The second-order valence-corrected chi connectivity index (χ2v) is 11.8. The smallest absolute Gasteiger partial charge is 0.0723 e. The summed E-state index contributed by atoms with van der Waals surface area (Å²) in [6.45, 7) is 3.82. The third-order valence-corrected chi connectivity index (χ3v) is 9.06. The van der Waals surface area contributed by atoms with Gasteiger partial charge in [-0.2, -0.15) is 0 Å². The van der Waals surface area contributed by atoms with Crippen molar-refractivity contribution in [3.63, 3.8) is 0 Å². The fraction of sp³-hybridized carbons (Fsp3) is 0.132. The Hall–Kier alpha value is -4.41. The van der Waals surface area contributed by atoms with Crippen molar-refractivity contribution in [2.45, 2.75) is 5.41 Å². The maximum atomic E-state index is 4.59. The average Bonchev–Trinajstić information content (AvgIpc) is 3.07. The van der Waals surface area contributed by atoms with Crippen molar-refractivity contribution in [3.05, 3.63) is 172 Å². The first-order valence-corrected chi connectivity index (χ1v) is 15.3. The molecule has 0 N–H and O–H groups in total. The number of halogens is 1. The Morgan fingerprint density at radius 3 is 1.67 bits per heavy atom. The number of piperazine rings is 1. The minimum Gasteiger partial charge on any atom is -0.368 e. The summed E-state index contributed by atoms with van der Waals surface area (Å²) < 4.78 is 1.08. The van der Waals surface area contributed by atoms with Crippen LogP contribution in [0.5, 0.6) is 0 Å². The highest BCUT2D eigenvalue weighted by Gasteiger charge is 2.38. The molecule has 0 saturated carbocycles. The quantitative estimate of drug-likeness (QED) is 0.176. The summed E-state index contributed by atoms with van der Waals surface area (Å²) in [7, 11) is 0. The number of aromatic nitrogens is 1. The number of rotatable bonds is 6. The number of nitrogens with zero attached hydrogens (tertiary/aromatic N) is 3. The molecule has 3 nitrogen and oxygen atoms in total. The van der Waals surface area contributed by atoms with E-state index in [1.807, 2.05) is 6.20 Å². The molecule has 1 aliphatic heterocycles. The van der Waals surface area contributed by atoms with Gasteiger partial charge in [-0.15, -0.1) is 0 Å². The molecule has 2 heterocycles. The Bertz CT molecular complexity index is 1700. The van der Waals surface area contributed by atoms with E-state index in [4.69, 9.17) is 0 Å². The van der Waals surface area contributed by atoms with Gasteiger partial charge in [0.05, 0.1) is 10.9 Å². The van der Waals surface area contributed by atoms with Crippen LogP contribution in [0.15, 0.2) is 150 Å². The molecule has 1 aromatic heterocycles. The number of anilines is 2. The van der Waals surface area contributed by atoms with E-state index in [0.717, 1.165) is 36.2 Å². The summed E-state index contributed by atoms with van der Waals surface area (Å²) in [5.41, 5.74) is 8.18. The van der Waals surface area contributed by atoms with Gasteiger partial charge in [-0.1, -0.05) is 119 Å². The minimum absolute atomic E-state index is 0.440. The van der Waals surface area contributed by atoms with Crippen LogP contribution in [0, 0.1) is 0 Å². The van der Waals surface area contributed by atoms with E-state index < -0.39 is 5.41 Å². The lowest BCUT2D eigenvalue weighted by atomic mass is 9.65. The minimum atomic E-state index is -0.440. The molecule has 4 heteroatoms. The van der Waals surface area contributed by atoms with Crippen molar-refractivity contribution in [2.24, 2.45) is 0 Å². The van der Waals surface area contributed by atoms with Gasteiger partial charge in [0, 0.05) is 53.6 Å². The fourth-order valence-corrected chi connectivity index (χ4v) is 6.95. The van der Waals surface area contributed by atoms with Crippen LogP contribution in [0.3, 0.4) is 0 Å². The zero-order chi connectivity index (χ0) is 28.4. The highest BCUT2D eigenvalue weighted by atomic mass is 79.9. The van der Waals surface area contributed by atoms with Crippen molar-refractivity contribution < 1.29 is 0 Å². The fourth-order valence-electron chi connectivity index (χ4n) is 6.59. The van der Waals surface area contributed by atoms with E-state index in [2.05, 4.69) is 170 Å². The van der Waals surface area contributed by atoms with Crippen LogP contribution in [0.2, 0.25) is 0 Å². The van der Waals surface area contributed by atoms with E-state index >= 15 is 0 Å². The van der Waals surface area contributed by atoms with Crippen LogP contribution >= 0.6 is 15.9 Å². The summed E-state index contributed by atoms with van der Waals surface area (Å²) >= 11 is 3.65. The van der Waals surface area contributed by atoms with Crippen LogP contribution in [-0.2, 0) is 5.41 Å². The second kappa shape index (κ2) is 11.5. The molecule has 0 amide bonds. The van der Waals surface area contributed by atoms with Crippen molar-refractivity contribution >= 4 is 38.2 Å². The summed E-state index contributed by atoms with van der Waals surface area (Å²) in [5, 5.41) is 1.20. The Labute approximate surface area is 256 Å². The Balaban J connectivity index is 1.27. The third kappa shape index (κ3) is 4.76. The molecular formula is C38H32BrN3. The van der Waals surface area contributed by atoms with Crippen molar-refractivity contribution in [1.29, 1.82) is 0 Å². The topological polar surface area (TPSA) is 19.4 Å². The summed E-state index contributed by atoms with van der Waals surface area (Å²) in [4.78, 5) is 9.62. The van der Waals surface area contributed by atoms with Crippen molar-refractivity contribution in [3.8, 4) is 0 Å². The van der Waals surface area contributed by atoms with Gasteiger partial charge >= 0.3 is 0 Å².